The van der Waals surface area contributed by atoms with E-state index in [9.17, 15) is 4.79 Å². The van der Waals surface area contributed by atoms with Gasteiger partial charge in [-0.15, -0.1) is 0 Å². The van der Waals surface area contributed by atoms with Crippen molar-refractivity contribution in [3.8, 4) is 0 Å². The number of hydrogen-bond acceptors (Lipinski definition) is 4. The van der Waals surface area contributed by atoms with Crippen LogP contribution in [0, 0.1) is 0 Å². The number of aromatic nitrogens is 2. The Balaban J connectivity index is 1.72. The van der Waals surface area contributed by atoms with E-state index in [-0.39, 0.29) is 0 Å². The quantitative estimate of drug-likeness (QED) is 0.771. The van der Waals surface area contributed by atoms with Gasteiger partial charge in [0.05, 0.1) is 6.54 Å². The van der Waals surface area contributed by atoms with Crippen molar-refractivity contribution in [3.63, 3.8) is 0 Å². The minimum absolute atomic E-state index is 0.315. The van der Waals surface area contributed by atoms with Crippen LogP contribution in [0.15, 0.2) is 12.4 Å². The summed E-state index contributed by atoms with van der Waals surface area (Å²) in [6.07, 6.45) is 5.02. The number of aryl methyl sites for hydroxylation is 2. The zero-order valence-corrected chi connectivity index (χ0v) is 10.4. The van der Waals surface area contributed by atoms with Crippen LogP contribution in [-0.4, -0.2) is 53.0 Å². The van der Waals surface area contributed by atoms with E-state index in [2.05, 4.69) is 15.2 Å². The summed E-state index contributed by atoms with van der Waals surface area (Å²) in [4.78, 5) is 18.3. The topological polar surface area (TPSA) is 50.2 Å². The first-order valence-electron chi connectivity index (χ1n) is 6.16. The maximum absolute atomic E-state index is 11.8. The van der Waals surface area contributed by atoms with Crippen molar-refractivity contribution >= 4 is 5.78 Å². The second-order valence-corrected chi connectivity index (χ2v) is 4.52. The van der Waals surface area contributed by atoms with Crippen molar-refractivity contribution in [3.05, 3.63) is 18.2 Å². The third kappa shape index (κ3) is 3.64. The molecule has 5 heteroatoms. The molecule has 1 saturated heterocycles. The van der Waals surface area contributed by atoms with Gasteiger partial charge in [-0.1, -0.05) is 0 Å². The summed E-state index contributed by atoms with van der Waals surface area (Å²) in [5.41, 5.74) is 0. The summed E-state index contributed by atoms with van der Waals surface area (Å²) >= 11 is 0. The van der Waals surface area contributed by atoms with Gasteiger partial charge in [-0.2, -0.15) is 0 Å². The number of nitrogens with zero attached hydrogens (tertiary/aromatic N) is 3. The summed E-state index contributed by atoms with van der Waals surface area (Å²) < 4.78 is 1.97. The Hall–Kier alpha value is -1.20. The molecule has 1 N–H and O–H groups in total. The van der Waals surface area contributed by atoms with E-state index in [4.69, 9.17) is 0 Å². The summed E-state index contributed by atoms with van der Waals surface area (Å²) in [5.74, 6) is 1.30. The number of Topliss-reactive ketones (excluding diaryl/α,β-unsaturated/α-hetero) is 1. The molecule has 0 aromatic carbocycles. The third-order valence-corrected chi connectivity index (χ3v) is 3.16. The molecule has 0 atom stereocenters. The molecule has 5 nitrogen and oxygen atoms in total. The lowest BCUT2D eigenvalue weighted by atomic mass is 10.2. The van der Waals surface area contributed by atoms with Crippen molar-refractivity contribution in [1.82, 2.24) is 19.8 Å². The van der Waals surface area contributed by atoms with Crippen LogP contribution >= 0.6 is 0 Å². The average Bonchev–Trinajstić information content (AvgIpc) is 2.74. The fraction of sp³-hybridized carbons (Fsp3) is 0.667. The van der Waals surface area contributed by atoms with E-state index >= 15 is 0 Å². The van der Waals surface area contributed by atoms with Gasteiger partial charge in [0.15, 0.2) is 0 Å². The van der Waals surface area contributed by atoms with Crippen LogP contribution < -0.4 is 5.32 Å². The maximum Gasteiger partial charge on any atom is 0.147 e. The molecule has 17 heavy (non-hydrogen) atoms. The molecule has 1 aliphatic rings. The van der Waals surface area contributed by atoms with Gasteiger partial charge in [-0.25, -0.2) is 4.98 Å². The lowest BCUT2D eigenvalue weighted by Gasteiger charge is -2.26. The van der Waals surface area contributed by atoms with Gasteiger partial charge in [0.25, 0.3) is 0 Å². The van der Waals surface area contributed by atoms with E-state index in [1.54, 1.807) is 6.20 Å². The minimum atomic E-state index is 0.315. The third-order valence-electron chi connectivity index (χ3n) is 3.16. The van der Waals surface area contributed by atoms with E-state index in [1.165, 1.54) is 0 Å². The lowest BCUT2D eigenvalue weighted by Crippen LogP contribution is -2.45. The van der Waals surface area contributed by atoms with Gasteiger partial charge in [0.1, 0.15) is 11.6 Å². The molecule has 0 radical (unpaired) electrons. The Labute approximate surface area is 102 Å². The highest BCUT2D eigenvalue weighted by Gasteiger charge is 2.13. The summed E-state index contributed by atoms with van der Waals surface area (Å²) in [5, 5.41) is 3.28. The fourth-order valence-corrected chi connectivity index (χ4v) is 2.09. The van der Waals surface area contributed by atoms with Crippen molar-refractivity contribution in [2.24, 2.45) is 7.05 Å². The van der Waals surface area contributed by atoms with E-state index in [1.807, 2.05) is 17.8 Å². The number of piperazine rings is 1. The smallest absolute Gasteiger partial charge is 0.147 e. The Morgan fingerprint density at radius 1 is 1.47 bits per heavy atom. The SMILES string of the molecule is Cn1ccnc1CCC(=O)CN1CCNCC1. The molecule has 2 heterocycles. The molecule has 0 spiro atoms. The van der Waals surface area contributed by atoms with Crippen LogP contribution in [0.25, 0.3) is 0 Å². The van der Waals surface area contributed by atoms with Gasteiger partial charge < -0.3 is 9.88 Å². The standard InChI is InChI=1S/C12H20N4O/c1-15-7-6-14-12(15)3-2-11(17)10-16-8-4-13-5-9-16/h6-7,13H,2-5,8-10H2,1H3. The van der Waals surface area contributed by atoms with Crippen molar-refractivity contribution in [2.45, 2.75) is 12.8 Å². The van der Waals surface area contributed by atoms with Crippen LogP contribution in [0.2, 0.25) is 0 Å². The van der Waals surface area contributed by atoms with Crippen LogP contribution in [0.3, 0.4) is 0 Å². The Morgan fingerprint density at radius 2 is 2.24 bits per heavy atom. The first-order valence-corrected chi connectivity index (χ1v) is 6.16. The Bertz CT molecular complexity index is 368. The highest BCUT2D eigenvalue weighted by Crippen LogP contribution is 2.01. The van der Waals surface area contributed by atoms with E-state index in [0.29, 0.717) is 18.7 Å². The monoisotopic (exact) mass is 236 g/mol. The summed E-state index contributed by atoms with van der Waals surface area (Å²) in [6.45, 7) is 4.54. The normalized spacial score (nSPS) is 17.2. The molecule has 0 bridgehead atoms. The van der Waals surface area contributed by atoms with Crippen LogP contribution in [-0.2, 0) is 18.3 Å². The van der Waals surface area contributed by atoms with Crippen molar-refractivity contribution < 1.29 is 4.79 Å². The molecule has 94 valence electrons. The number of hydrogen-bond donors (Lipinski definition) is 1. The molecule has 0 saturated carbocycles. The molecule has 1 aromatic heterocycles. The molecule has 1 fully saturated rings. The highest BCUT2D eigenvalue weighted by molar-refractivity contribution is 5.80. The Kier molecular flexibility index (Phi) is 4.28. The predicted molar refractivity (Wildman–Crippen MR) is 65.8 cm³/mol. The molecule has 1 aromatic rings. The first kappa shape index (κ1) is 12.3. The number of carbonyl (C=O) groups excluding carboxylic acids is 1. The van der Waals surface area contributed by atoms with Gasteiger partial charge in [0.2, 0.25) is 0 Å². The molecule has 1 aliphatic heterocycles. The minimum Gasteiger partial charge on any atom is -0.338 e. The van der Waals surface area contributed by atoms with Gasteiger partial charge in [-0.05, 0) is 0 Å². The summed E-state index contributed by atoms with van der Waals surface area (Å²) in [6, 6.07) is 0. The second-order valence-electron chi connectivity index (χ2n) is 4.52. The first-order chi connectivity index (χ1) is 8.25. The molecular formula is C12H20N4O. The zero-order chi connectivity index (χ0) is 12.1. The van der Waals surface area contributed by atoms with Crippen LogP contribution in [0.5, 0.6) is 0 Å². The van der Waals surface area contributed by atoms with Gasteiger partial charge in [0, 0.05) is 58.5 Å². The van der Waals surface area contributed by atoms with Crippen molar-refractivity contribution in [1.29, 1.82) is 0 Å². The average molecular weight is 236 g/mol. The molecule has 2 rings (SSSR count). The zero-order valence-electron chi connectivity index (χ0n) is 10.4. The van der Waals surface area contributed by atoms with E-state index in [0.717, 1.165) is 38.4 Å². The van der Waals surface area contributed by atoms with Gasteiger partial charge >= 0.3 is 0 Å². The van der Waals surface area contributed by atoms with E-state index < -0.39 is 0 Å². The maximum atomic E-state index is 11.8. The summed E-state index contributed by atoms with van der Waals surface area (Å²) in [7, 11) is 1.96. The highest BCUT2D eigenvalue weighted by atomic mass is 16.1. The van der Waals surface area contributed by atoms with Crippen LogP contribution in [0.1, 0.15) is 12.2 Å². The number of carbonyl (C=O) groups is 1. The predicted octanol–water partition coefficient (Wildman–Crippen LogP) is -0.173. The number of ketones is 1. The fourth-order valence-electron chi connectivity index (χ4n) is 2.09. The number of imidazole rings is 1. The second kappa shape index (κ2) is 5.93. The largest absolute Gasteiger partial charge is 0.338 e. The van der Waals surface area contributed by atoms with Crippen molar-refractivity contribution in [2.75, 3.05) is 32.7 Å². The number of nitrogens with one attached hydrogen (secondary N) is 1. The molecule has 0 aliphatic carbocycles. The molecular weight excluding hydrogens is 216 g/mol. The Morgan fingerprint density at radius 3 is 2.88 bits per heavy atom. The lowest BCUT2D eigenvalue weighted by molar-refractivity contribution is -0.120. The number of rotatable bonds is 5. The van der Waals surface area contributed by atoms with Crippen LogP contribution in [0.4, 0.5) is 0 Å². The molecule has 0 unspecified atom stereocenters. The molecule has 0 amide bonds. The van der Waals surface area contributed by atoms with Gasteiger partial charge in [-0.3, -0.25) is 9.69 Å².